The Morgan fingerprint density at radius 2 is 1.96 bits per heavy atom. The Labute approximate surface area is 160 Å². The fraction of sp³-hybridized carbons (Fsp3) is 0.278. The van der Waals surface area contributed by atoms with Gasteiger partial charge in [-0.05, 0) is 57.7 Å². The lowest BCUT2D eigenvalue weighted by atomic mass is 10.2. The Kier molecular flexibility index (Phi) is 6.96. The van der Waals surface area contributed by atoms with Crippen molar-refractivity contribution in [2.24, 2.45) is 5.92 Å². The van der Waals surface area contributed by atoms with E-state index in [1.807, 2.05) is 0 Å². The second-order valence-electron chi connectivity index (χ2n) is 5.77. The average molecular weight is 431 g/mol. The number of carbonyl (C=O) groups is 1. The number of hydrogen-bond acceptors (Lipinski definition) is 2. The standard InChI is InChI=1S/C18H18BrCl2NO2/c1-11(2)10-24-17-6-4-12(7-15(17)19)18(23)22-9-13-3-5-14(20)8-16(13)21/h3-8,11H,9-10H2,1-2H3,(H,22,23). The van der Waals surface area contributed by atoms with Crippen LogP contribution in [0.25, 0.3) is 0 Å². The van der Waals surface area contributed by atoms with Crippen LogP contribution in [0.5, 0.6) is 5.75 Å². The Balaban J connectivity index is 2.00. The summed E-state index contributed by atoms with van der Waals surface area (Å²) in [4.78, 5) is 12.3. The molecule has 0 aliphatic heterocycles. The fourth-order valence-electron chi connectivity index (χ4n) is 1.96. The maximum Gasteiger partial charge on any atom is 0.251 e. The molecule has 1 amide bonds. The molecule has 0 aliphatic carbocycles. The zero-order chi connectivity index (χ0) is 17.7. The molecule has 0 spiro atoms. The summed E-state index contributed by atoms with van der Waals surface area (Å²) in [6.07, 6.45) is 0. The molecule has 2 aromatic carbocycles. The van der Waals surface area contributed by atoms with Gasteiger partial charge in [-0.3, -0.25) is 4.79 Å². The fourth-order valence-corrected chi connectivity index (χ4v) is 2.93. The zero-order valence-corrected chi connectivity index (χ0v) is 16.5. The van der Waals surface area contributed by atoms with Gasteiger partial charge in [-0.2, -0.15) is 0 Å². The molecule has 2 rings (SSSR count). The van der Waals surface area contributed by atoms with E-state index in [4.69, 9.17) is 27.9 Å². The molecule has 128 valence electrons. The van der Waals surface area contributed by atoms with Crippen molar-refractivity contribution in [2.75, 3.05) is 6.61 Å². The smallest absolute Gasteiger partial charge is 0.251 e. The van der Waals surface area contributed by atoms with E-state index < -0.39 is 0 Å². The van der Waals surface area contributed by atoms with Crippen molar-refractivity contribution in [3.05, 3.63) is 62.0 Å². The minimum atomic E-state index is -0.183. The van der Waals surface area contributed by atoms with E-state index in [1.165, 1.54) is 0 Å². The third-order valence-corrected chi connectivity index (χ3v) is 4.43. The molecule has 0 bridgehead atoms. The summed E-state index contributed by atoms with van der Waals surface area (Å²) in [7, 11) is 0. The number of hydrogen-bond donors (Lipinski definition) is 1. The van der Waals surface area contributed by atoms with Gasteiger partial charge in [-0.15, -0.1) is 0 Å². The van der Waals surface area contributed by atoms with E-state index in [9.17, 15) is 4.79 Å². The van der Waals surface area contributed by atoms with Crippen molar-refractivity contribution in [3.8, 4) is 5.75 Å². The maximum absolute atomic E-state index is 12.3. The van der Waals surface area contributed by atoms with Crippen LogP contribution in [-0.4, -0.2) is 12.5 Å². The van der Waals surface area contributed by atoms with Crippen molar-refractivity contribution in [2.45, 2.75) is 20.4 Å². The van der Waals surface area contributed by atoms with Crippen LogP contribution < -0.4 is 10.1 Å². The van der Waals surface area contributed by atoms with Gasteiger partial charge in [0, 0.05) is 22.2 Å². The van der Waals surface area contributed by atoms with Crippen LogP contribution in [0, 0.1) is 5.92 Å². The lowest BCUT2D eigenvalue weighted by Crippen LogP contribution is -2.23. The highest BCUT2D eigenvalue weighted by atomic mass is 79.9. The number of benzene rings is 2. The summed E-state index contributed by atoms with van der Waals surface area (Å²) in [5.41, 5.74) is 1.36. The molecule has 6 heteroatoms. The average Bonchev–Trinajstić information content (AvgIpc) is 2.52. The largest absolute Gasteiger partial charge is 0.492 e. The first-order valence-electron chi connectivity index (χ1n) is 7.51. The molecule has 0 unspecified atom stereocenters. The summed E-state index contributed by atoms with van der Waals surface area (Å²) in [5, 5.41) is 3.94. The monoisotopic (exact) mass is 429 g/mol. The Hall–Kier alpha value is -1.23. The van der Waals surface area contributed by atoms with E-state index in [2.05, 4.69) is 35.1 Å². The van der Waals surface area contributed by atoms with Gasteiger partial charge in [0.25, 0.3) is 5.91 Å². The summed E-state index contributed by atoms with van der Waals surface area (Å²) >= 11 is 15.4. The molecule has 0 saturated heterocycles. The molecule has 0 aromatic heterocycles. The number of rotatable bonds is 6. The lowest BCUT2D eigenvalue weighted by molar-refractivity contribution is 0.0951. The first-order valence-corrected chi connectivity index (χ1v) is 9.06. The quantitative estimate of drug-likeness (QED) is 0.636. The van der Waals surface area contributed by atoms with Crippen LogP contribution in [0.3, 0.4) is 0 Å². The van der Waals surface area contributed by atoms with Crippen molar-refractivity contribution in [1.29, 1.82) is 0 Å². The third-order valence-electron chi connectivity index (χ3n) is 3.22. The highest BCUT2D eigenvalue weighted by Crippen LogP contribution is 2.26. The van der Waals surface area contributed by atoms with Crippen molar-refractivity contribution >= 4 is 45.0 Å². The second kappa shape index (κ2) is 8.75. The molecule has 1 N–H and O–H groups in total. The van der Waals surface area contributed by atoms with Gasteiger partial charge in [0.1, 0.15) is 5.75 Å². The van der Waals surface area contributed by atoms with Gasteiger partial charge >= 0.3 is 0 Å². The third kappa shape index (κ3) is 5.40. The minimum absolute atomic E-state index is 0.183. The number of ether oxygens (including phenoxy) is 1. The van der Waals surface area contributed by atoms with Crippen LogP contribution >= 0.6 is 39.1 Å². The maximum atomic E-state index is 12.3. The Morgan fingerprint density at radius 3 is 2.58 bits per heavy atom. The Bertz CT molecular complexity index is 735. The predicted octanol–water partition coefficient (Wildman–Crippen LogP) is 5.72. The molecular weight excluding hydrogens is 413 g/mol. The van der Waals surface area contributed by atoms with Crippen LogP contribution in [-0.2, 0) is 6.54 Å². The zero-order valence-electron chi connectivity index (χ0n) is 13.4. The molecule has 0 atom stereocenters. The van der Waals surface area contributed by atoms with Crippen molar-refractivity contribution < 1.29 is 9.53 Å². The summed E-state index contributed by atoms with van der Waals surface area (Å²) in [5.74, 6) is 0.974. The van der Waals surface area contributed by atoms with Gasteiger partial charge in [0.05, 0.1) is 11.1 Å². The molecule has 3 nitrogen and oxygen atoms in total. The molecule has 0 fully saturated rings. The van der Waals surface area contributed by atoms with E-state index in [1.54, 1.807) is 36.4 Å². The molecular formula is C18H18BrCl2NO2. The molecule has 24 heavy (non-hydrogen) atoms. The van der Waals surface area contributed by atoms with Crippen molar-refractivity contribution in [3.63, 3.8) is 0 Å². The van der Waals surface area contributed by atoms with E-state index in [0.29, 0.717) is 34.7 Å². The van der Waals surface area contributed by atoms with Crippen LogP contribution in [0.4, 0.5) is 0 Å². The van der Waals surface area contributed by atoms with Crippen LogP contribution in [0.2, 0.25) is 10.0 Å². The first-order chi connectivity index (χ1) is 11.4. The number of amides is 1. The normalized spacial score (nSPS) is 10.8. The topological polar surface area (TPSA) is 38.3 Å². The van der Waals surface area contributed by atoms with E-state index >= 15 is 0 Å². The van der Waals surface area contributed by atoms with Gasteiger partial charge in [0.15, 0.2) is 0 Å². The van der Waals surface area contributed by atoms with Crippen LogP contribution in [0.15, 0.2) is 40.9 Å². The molecule has 2 aromatic rings. The Morgan fingerprint density at radius 1 is 1.21 bits per heavy atom. The number of nitrogens with one attached hydrogen (secondary N) is 1. The van der Waals surface area contributed by atoms with E-state index in [-0.39, 0.29) is 5.91 Å². The van der Waals surface area contributed by atoms with Gasteiger partial charge in [-0.1, -0.05) is 43.1 Å². The van der Waals surface area contributed by atoms with Crippen molar-refractivity contribution in [1.82, 2.24) is 5.32 Å². The number of halogens is 3. The number of carbonyl (C=O) groups excluding carboxylic acids is 1. The molecule has 0 radical (unpaired) electrons. The molecule has 0 aliphatic rings. The second-order valence-corrected chi connectivity index (χ2v) is 7.47. The van der Waals surface area contributed by atoms with Gasteiger partial charge in [-0.25, -0.2) is 0 Å². The summed E-state index contributed by atoms with van der Waals surface area (Å²) in [6.45, 7) is 5.12. The summed E-state index contributed by atoms with van der Waals surface area (Å²) < 4.78 is 6.43. The van der Waals surface area contributed by atoms with Gasteiger partial charge in [0.2, 0.25) is 0 Å². The van der Waals surface area contributed by atoms with Gasteiger partial charge < -0.3 is 10.1 Å². The highest BCUT2D eigenvalue weighted by Gasteiger charge is 2.10. The molecule has 0 heterocycles. The predicted molar refractivity (Wildman–Crippen MR) is 102 cm³/mol. The summed E-state index contributed by atoms with van der Waals surface area (Å²) in [6, 6.07) is 10.5. The first kappa shape index (κ1) is 19.1. The van der Waals surface area contributed by atoms with Crippen LogP contribution in [0.1, 0.15) is 29.8 Å². The minimum Gasteiger partial charge on any atom is -0.492 e. The van der Waals surface area contributed by atoms with E-state index in [0.717, 1.165) is 15.8 Å². The lowest BCUT2D eigenvalue weighted by Gasteiger charge is -2.12. The SMILES string of the molecule is CC(C)COc1ccc(C(=O)NCc2ccc(Cl)cc2Cl)cc1Br. The highest BCUT2D eigenvalue weighted by molar-refractivity contribution is 9.10. The molecule has 0 saturated carbocycles.